The first-order chi connectivity index (χ1) is 10.1. The van der Waals surface area contributed by atoms with Gasteiger partial charge >= 0.3 is 12.0 Å². The lowest BCUT2D eigenvalue weighted by Crippen LogP contribution is -2.51. The molecule has 0 bridgehead atoms. The Hall–Kier alpha value is -2.57. The van der Waals surface area contributed by atoms with Crippen molar-refractivity contribution in [1.29, 1.82) is 0 Å². The van der Waals surface area contributed by atoms with Gasteiger partial charge in [-0.1, -0.05) is 18.2 Å². The molecule has 0 spiro atoms. The maximum absolute atomic E-state index is 12.4. The summed E-state index contributed by atoms with van der Waals surface area (Å²) in [5, 5.41) is 14.7. The van der Waals surface area contributed by atoms with E-state index in [2.05, 4.69) is 10.6 Å². The van der Waals surface area contributed by atoms with Crippen LogP contribution in [0.5, 0.6) is 0 Å². The van der Waals surface area contributed by atoms with Crippen molar-refractivity contribution in [3.8, 4) is 0 Å². The summed E-state index contributed by atoms with van der Waals surface area (Å²) in [7, 11) is 0. The highest BCUT2D eigenvalue weighted by atomic mass is 16.4. The number of hydrogen-bond acceptors (Lipinski definition) is 3. The number of carboxylic acid groups (broad SMARTS) is 1. The van der Waals surface area contributed by atoms with Gasteiger partial charge in [-0.2, -0.15) is 0 Å². The van der Waals surface area contributed by atoms with Crippen LogP contribution in [-0.2, 0) is 16.0 Å². The van der Waals surface area contributed by atoms with Gasteiger partial charge in [0.1, 0.15) is 6.04 Å². The molecule has 0 aliphatic carbocycles. The van der Waals surface area contributed by atoms with E-state index in [0.29, 0.717) is 18.7 Å². The van der Waals surface area contributed by atoms with Gasteiger partial charge in [-0.25, -0.2) is 9.59 Å². The molecule has 0 aromatic heterocycles. The molecular weight excluding hydrogens is 274 g/mol. The Kier molecular flexibility index (Phi) is 3.25. The second kappa shape index (κ2) is 5.08. The minimum absolute atomic E-state index is 0.114. The highest BCUT2D eigenvalue weighted by Gasteiger charge is 2.39. The van der Waals surface area contributed by atoms with Crippen molar-refractivity contribution in [1.82, 2.24) is 10.6 Å². The lowest BCUT2D eigenvalue weighted by atomic mass is 10.1. The van der Waals surface area contributed by atoms with Crippen LogP contribution in [0.4, 0.5) is 10.5 Å². The minimum atomic E-state index is -1.04. The highest BCUT2D eigenvalue weighted by molar-refractivity contribution is 6.01. The van der Waals surface area contributed by atoms with E-state index >= 15 is 0 Å². The Balaban J connectivity index is 1.82. The van der Waals surface area contributed by atoms with Gasteiger partial charge in [-0.15, -0.1) is 0 Å². The Labute approximate surface area is 120 Å². The number of nitrogens with zero attached hydrogens (tertiary/aromatic N) is 1. The summed E-state index contributed by atoms with van der Waals surface area (Å²) in [5.74, 6) is -1.15. The number of rotatable bonds is 2. The van der Waals surface area contributed by atoms with Gasteiger partial charge in [-0.05, 0) is 11.6 Å². The molecule has 1 saturated heterocycles. The van der Waals surface area contributed by atoms with E-state index in [0.717, 1.165) is 5.56 Å². The maximum Gasteiger partial charge on any atom is 0.327 e. The molecule has 1 aromatic rings. The molecule has 7 heteroatoms. The molecule has 1 aromatic carbocycles. The van der Waals surface area contributed by atoms with E-state index < -0.39 is 18.0 Å². The van der Waals surface area contributed by atoms with Crippen LogP contribution in [0.3, 0.4) is 0 Å². The molecule has 3 rings (SSSR count). The van der Waals surface area contributed by atoms with Crippen molar-refractivity contribution >= 4 is 23.6 Å². The standard InChI is InChI=1S/C14H15N3O4/c18-12-6-9(7-15-12)16-14(21)17-10-4-2-1-3-8(10)5-11(17)13(19)20/h1-4,9,11H,5-7H2,(H,15,18)(H,16,21)(H,19,20)/t9?,11-/m0/s1. The average Bonchev–Trinajstić information content (AvgIpc) is 3.02. The number of hydrogen-bond donors (Lipinski definition) is 3. The molecule has 1 fully saturated rings. The molecule has 7 nitrogen and oxygen atoms in total. The van der Waals surface area contributed by atoms with E-state index in [4.69, 9.17) is 0 Å². The third-order valence-corrected chi connectivity index (χ3v) is 3.78. The number of anilines is 1. The molecule has 110 valence electrons. The molecular formula is C14H15N3O4. The quantitative estimate of drug-likeness (QED) is 0.719. The molecule has 0 radical (unpaired) electrons. The summed E-state index contributed by atoms with van der Waals surface area (Å²) in [5.41, 5.74) is 1.44. The molecule has 21 heavy (non-hydrogen) atoms. The summed E-state index contributed by atoms with van der Waals surface area (Å²) in [4.78, 5) is 36.2. The molecule has 3 amide bonds. The SMILES string of the molecule is O=C1CC(NC(=O)N2c3ccccc3C[C@H]2C(=O)O)CN1. The highest BCUT2D eigenvalue weighted by Crippen LogP contribution is 2.32. The predicted octanol–water partition coefficient (Wildman–Crippen LogP) is 0.100. The van der Waals surface area contributed by atoms with E-state index in [1.165, 1.54) is 4.90 Å². The molecule has 3 N–H and O–H groups in total. The third kappa shape index (κ3) is 2.42. The van der Waals surface area contributed by atoms with Gasteiger partial charge in [0.25, 0.3) is 0 Å². The van der Waals surface area contributed by atoms with Crippen molar-refractivity contribution in [3.63, 3.8) is 0 Å². The number of para-hydroxylation sites is 1. The number of carbonyl (C=O) groups is 3. The third-order valence-electron chi connectivity index (χ3n) is 3.78. The fraction of sp³-hybridized carbons (Fsp3) is 0.357. The van der Waals surface area contributed by atoms with E-state index in [1.54, 1.807) is 12.1 Å². The van der Waals surface area contributed by atoms with Gasteiger partial charge in [0, 0.05) is 25.1 Å². The monoisotopic (exact) mass is 289 g/mol. The lowest BCUT2D eigenvalue weighted by Gasteiger charge is -2.24. The Morgan fingerprint density at radius 2 is 2.05 bits per heavy atom. The zero-order chi connectivity index (χ0) is 15.0. The predicted molar refractivity (Wildman–Crippen MR) is 74.0 cm³/mol. The van der Waals surface area contributed by atoms with Crippen LogP contribution in [0.1, 0.15) is 12.0 Å². The van der Waals surface area contributed by atoms with Crippen LogP contribution < -0.4 is 15.5 Å². The summed E-state index contributed by atoms with van der Waals surface area (Å²) in [6.07, 6.45) is 0.514. The number of carboxylic acids is 1. The van der Waals surface area contributed by atoms with E-state index in [1.807, 2.05) is 12.1 Å². The maximum atomic E-state index is 12.4. The fourth-order valence-corrected chi connectivity index (χ4v) is 2.79. The minimum Gasteiger partial charge on any atom is -0.480 e. The molecule has 2 heterocycles. The Morgan fingerprint density at radius 3 is 2.71 bits per heavy atom. The van der Waals surface area contributed by atoms with Crippen molar-refractivity contribution in [2.45, 2.75) is 24.9 Å². The Morgan fingerprint density at radius 1 is 1.29 bits per heavy atom. The first-order valence-electron chi connectivity index (χ1n) is 6.73. The van der Waals surface area contributed by atoms with Gasteiger partial charge in [-0.3, -0.25) is 9.69 Å². The summed E-state index contributed by atoms with van der Waals surface area (Å²) >= 11 is 0. The van der Waals surface area contributed by atoms with Crippen LogP contribution in [0.2, 0.25) is 0 Å². The van der Waals surface area contributed by atoms with Crippen LogP contribution in [0.25, 0.3) is 0 Å². The first-order valence-corrected chi connectivity index (χ1v) is 6.73. The number of benzene rings is 1. The van der Waals surface area contributed by atoms with Crippen LogP contribution in [0, 0.1) is 0 Å². The van der Waals surface area contributed by atoms with Gasteiger partial charge < -0.3 is 15.7 Å². The number of amides is 3. The van der Waals surface area contributed by atoms with Crippen molar-refractivity contribution in [3.05, 3.63) is 29.8 Å². The average molecular weight is 289 g/mol. The van der Waals surface area contributed by atoms with E-state index in [-0.39, 0.29) is 18.4 Å². The molecule has 1 unspecified atom stereocenters. The number of urea groups is 1. The second-order valence-electron chi connectivity index (χ2n) is 5.21. The molecule has 2 aliphatic rings. The molecule has 2 aliphatic heterocycles. The summed E-state index contributed by atoms with van der Waals surface area (Å²) in [6.45, 7) is 0.373. The van der Waals surface area contributed by atoms with E-state index in [9.17, 15) is 19.5 Å². The molecule has 2 atom stereocenters. The summed E-state index contributed by atoms with van der Waals surface area (Å²) in [6, 6.07) is 5.45. The zero-order valence-electron chi connectivity index (χ0n) is 11.2. The number of aliphatic carboxylic acids is 1. The Bertz CT molecular complexity index is 616. The summed E-state index contributed by atoms with van der Waals surface area (Å²) < 4.78 is 0. The first kappa shape index (κ1) is 13.4. The van der Waals surface area contributed by atoms with Crippen molar-refractivity contribution in [2.75, 3.05) is 11.4 Å². The van der Waals surface area contributed by atoms with Crippen molar-refractivity contribution < 1.29 is 19.5 Å². The van der Waals surface area contributed by atoms with Gasteiger partial charge in [0.05, 0.1) is 6.04 Å². The molecule has 0 saturated carbocycles. The fourth-order valence-electron chi connectivity index (χ4n) is 2.79. The van der Waals surface area contributed by atoms with Gasteiger partial charge in [0.2, 0.25) is 5.91 Å². The zero-order valence-corrected chi connectivity index (χ0v) is 11.2. The normalized spacial score (nSPS) is 23.6. The van der Waals surface area contributed by atoms with Crippen molar-refractivity contribution in [2.24, 2.45) is 0 Å². The topological polar surface area (TPSA) is 98.7 Å². The lowest BCUT2D eigenvalue weighted by molar-refractivity contribution is -0.138. The number of fused-ring (bicyclic) bond motifs is 1. The van der Waals surface area contributed by atoms with Crippen LogP contribution >= 0.6 is 0 Å². The largest absolute Gasteiger partial charge is 0.480 e. The second-order valence-corrected chi connectivity index (χ2v) is 5.21. The van der Waals surface area contributed by atoms with Gasteiger partial charge in [0.15, 0.2) is 0 Å². The number of carbonyl (C=O) groups excluding carboxylic acids is 2. The number of nitrogens with one attached hydrogen (secondary N) is 2. The smallest absolute Gasteiger partial charge is 0.327 e. The van der Waals surface area contributed by atoms with Crippen LogP contribution in [-0.4, -0.2) is 41.6 Å². The van der Waals surface area contributed by atoms with Crippen LogP contribution in [0.15, 0.2) is 24.3 Å².